The van der Waals surface area contributed by atoms with Crippen molar-refractivity contribution in [3.05, 3.63) is 24.3 Å². The monoisotopic (exact) mass is 288 g/mol. The molecule has 1 aliphatic carbocycles. The average molecular weight is 288 g/mol. The van der Waals surface area contributed by atoms with Gasteiger partial charge in [-0.3, -0.25) is 4.79 Å². The topological polar surface area (TPSA) is 50.4 Å². The van der Waals surface area contributed by atoms with Crippen LogP contribution in [0.4, 0.5) is 5.69 Å². The van der Waals surface area contributed by atoms with Gasteiger partial charge in [0.05, 0.1) is 6.10 Å². The van der Waals surface area contributed by atoms with Crippen molar-refractivity contribution in [1.82, 2.24) is 5.32 Å². The Kier molecular flexibility index (Phi) is 3.89. The summed E-state index contributed by atoms with van der Waals surface area (Å²) in [6.07, 6.45) is 3.48. The molecule has 1 heterocycles. The second kappa shape index (κ2) is 5.68. The highest BCUT2D eigenvalue weighted by Gasteiger charge is 2.57. The molecule has 1 aromatic carbocycles. The van der Waals surface area contributed by atoms with E-state index in [0.29, 0.717) is 0 Å². The van der Waals surface area contributed by atoms with Crippen LogP contribution in [-0.4, -0.2) is 25.1 Å². The molecule has 1 atom stereocenters. The van der Waals surface area contributed by atoms with Gasteiger partial charge in [-0.25, -0.2) is 0 Å². The van der Waals surface area contributed by atoms with Crippen LogP contribution < -0.4 is 15.4 Å². The molecule has 0 aromatic heterocycles. The molecule has 0 unspecified atom stereocenters. The Morgan fingerprint density at radius 1 is 1.29 bits per heavy atom. The van der Waals surface area contributed by atoms with E-state index in [4.69, 9.17) is 4.74 Å². The molecule has 2 fully saturated rings. The van der Waals surface area contributed by atoms with Gasteiger partial charge in [0.2, 0.25) is 5.91 Å². The van der Waals surface area contributed by atoms with Crippen LogP contribution in [0.15, 0.2) is 24.3 Å². The molecule has 4 heteroatoms. The summed E-state index contributed by atoms with van der Waals surface area (Å²) in [5.74, 6) is 1.21. The molecule has 1 aromatic rings. The van der Waals surface area contributed by atoms with Crippen LogP contribution in [0.25, 0.3) is 0 Å². The fraction of sp³-hybridized carbons (Fsp3) is 0.588. The van der Waals surface area contributed by atoms with Crippen molar-refractivity contribution in [2.45, 2.75) is 39.2 Å². The number of hydrogen-bond acceptors (Lipinski definition) is 3. The van der Waals surface area contributed by atoms with Crippen LogP contribution in [0.3, 0.4) is 0 Å². The first-order valence-electron chi connectivity index (χ1n) is 7.87. The number of rotatable bonds is 4. The molecule has 2 N–H and O–H groups in total. The van der Waals surface area contributed by atoms with E-state index in [1.807, 2.05) is 38.1 Å². The predicted molar refractivity (Wildman–Crippen MR) is 83.5 cm³/mol. The fourth-order valence-corrected chi connectivity index (χ4v) is 3.31. The molecule has 4 nitrogen and oxygen atoms in total. The second-order valence-corrected chi connectivity index (χ2v) is 6.55. The van der Waals surface area contributed by atoms with Crippen molar-refractivity contribution >= 4 is 11.6 Å². The third kappa shape index (κ3) is 3.21. The first-order chi connectivity index (χ1) is 10.1. The molecular weight excluding hydrogens is 264 g/mol. The van der Waals surface area contributed by atoms with Gasteiger partial charge in [0.15, 0.2) is 0 Å². The lowest BCUT2D eigenvalue weighted by Gasteiger charge is -2.23. The van der Waals surface area contributed by atoms with Gasteiger partial charge in [0.1, 0.15) is 5.75 Å². The van der Waals surface area contributed by atoms with E-state index in [1.165, 1.54) is 0 Å². The highest BCUT2D eigenvalue weighted by Crippen LogP contribution is 2.58. The highest BCUT2D eigenvalue weighted by molar-refractivity contribution is 5.95. The summed E-state index contributed by atoms with van der Waals surface area (Å²) in [4.78, 5) is 12.3. The third-order valence-corrected chi connectivity index (χ3v) is 4.60. The van der Waals surface area contributed by atoms with Gasteiger partial charge in [0.25, 0.3) is 0 Å². The number of hydrogen-bond donors (Lipinski definition) is 2. The van der Waals surface area contributed by atoms with Crippen molar-refractivity contribution in [2.75, 3.05) is 18.4 Å². The molecule has 3 rings (SSSR count). The SMILES string of the molecule is CC(C)Oc1ccc(NC(=O)[C@H]2CC23CCNCC3)cc1. The van der Waals surface area contributed by atoms with Gasteiger partial charge in [-0.15, -0.1) is 0 Å². The van der Waals surface area contributed by atoms with Gasteiger partial charge in [-0.1, -0.05) is 0 Å². The zero-order chi connectivity index (χ0) is 14.9. The van der Waals surface area contributed by atoms with E-state index in [2.05, 4.69) is 10.6 Å². The lowest BCUT2D eigenvalue weighted by atomic mass is 9.92. The molecule has 1 spiro atoms. The van der Waals surface area contributed by atoms with Crippen LogP contribution in [0.5, 0.6) is 5.75 Å². The van der Waals surface area contributed by atoms with Crippen molar-refractivity contribution < 1.29 is 9.53 Å². The summed E-state index contributed by atoms with van der Waals surface area (Å²) in [7, 11) is 0. The van der Waals surface area contributed by atoms with Crippen molar-refractivity contribution in [2.24, 2.45) is 11.3 Å². The van der Waals surface area contributed by atoms with Gasteiger partial charge in [-0.05, 0) is 75.9 Å². The van der Waals surface area contributed by atoms with Gasteiger partial charge in [0, 0.05) is 11.6 Å². The van der Waals surface area contributed by atoms with Crippen LogP contribution in [0.2, 0.25) is 0 Å². The fourth-order valence-electron chi connectivity index (χ4n) is 3.31. The van der Waals surface area contributed by atoms with Crippen LogP contribution in [0, 0.1) is 11.3 Å². The normalized spacial score (nSPS) is 23.1. The summed E-state index contributed by atoms with van der Waals surface area (Å²) >= 11 is 0. The van der Waals surface area contributed by atoms with E-state index < -0.39 is 0 Å². The molecule has 0 bridgehead atoms. The zero-order valence-electron chi connectivity index (χ0n) is 12.8. The number of amides is 1. The number of nitrogens with one attached hydrogen (secondary N) is 2. The van der Waals surface area contributed by atoms with Crippen molar-refractivity contribution in [3.63, 3.8) is 0 Å². The Morgan fingerprint density at radius 3 is 2.57 bits per heavy atom. The first-order valence-corrected chi connectivity index (χ1v) is 7.87. The highest BCUT2D eigenvalue weighted by atomic mass is 16.5. The Labute approximate surface area is 126 Å². The summed E-state index contributed by atoms with van der Waals surface area (Å²) in [6, 6.07) is 7.63. The first kappa shape index (κ1) is 14.4. The largest absolute Gasteiger partial charge is 0.491 e. The van der Waals surface area contributed by atoms with E-state index in [1.54, 1.807) is 0 Å². The lowest BCUT2D eigenvalue weighted by molar-refractivity contribution is -0.118. The van der Waals surface area contributed by atoms with E-state index >= 15 is 0 Å². The maximum absolute atomic E-state index is 12.3. The number of ether oxygens (including phenoxy) is 1. The van der Waals surface area contributed by atoms with Gasteiger partial charge < -0.3 is 15.4 Å². The van der Waals surface area contributed by atoms with E-state index in [9.17, 15) is 4.79 Å². The minimum atomic E-state index is 0.164. The Balaban J connectivity index is 1.56. The molecule has 1 saturated carbocycles. The molecule has 0 radical (unpaired) electrons. The number of benzene rings is 1. The molecule has 21 heavy (non-hydrogen) atoms. The summed E-state index contributed by atoms with van der Waals surface area (Å²) in [6.45, 7) is 6.10. The minimum absolute atomic E-state index is 0.164. The van der Waals surface area contributed by atoms with Gasteiger partial charge in [-0.2, -0.15) is 0 Å². The smallest absolute Gasteiger partial charge is 0.228 e. The molecule has 1 amide bonds. The molecule has 2 aliphatic rings. The number of carbonyl (C=O) groups is 1. The number of piperidine rings is 1. The van der Waals surface area contributed by atoms with Crippen LogP contribution >= 0.6 is 0 Å². The minimum Gasteiger partial charge on any atom is -0.491 e. The summed E-state index contributed by atoms with van der Waals surface area (Å²) in [5.41, 5.74) is 1.14. The van der Waals surface area contributed by atoms with E-state index in [-0.39, 0.29) is 23.3 Å². The number of anilines is 1. The maximum atomic E-state index is 12.3. The Bertz CT molecular complexity index is 504. The molecule has 1 aliphatic heterocycles. The average Bonchev–Trinajstić information content (AvgIpc) is 3.15. The molecule has 1 saturated heterocycles. The molecular formula is C17H24N2O2. The van der Waals surface area contributed by atoms with Crippen molar-refractivity contribution in [3.8, 4) is 5.75 Å². The number of carbonyl (C=O) groups excluding carboxylic acids is 1. The summed E-state index contributed by atoms with van der Waals surface area (Å²) < 4.78 is 5.60. The quantitative estimate of drug-likeness (QED) is 0.895. The molecule has 114 valence electrons. The Hall–Kier alpha value is -1.55. The zero-order valence-corrected chi connectivity index (χ0v) is 12.8. The lowest BCUT2D eigenvalue weighted by Crippen LogP contribution is -2.31. The summed E-state index contributed by atoms with van der Waals surface area (Å²) in [5, 5.41) is 6.41. The maximum Gasteiger partial charge on any atom is 0.228 e. The van der Waals surface area contributed by atoms with E-state index in [0.717, 1.165) is 43.8 Å². The van der Waals surface area contributed by atoms with Crippen LogP contribution in [-0.2, 0) is 4.79 Å². The predicted octanol–water partition coefficient (Wildman–Crippen LogP) is 2.80. The van der Waals surface area contributed by atoms with Gasteiger partial charge >= 0.3 is 0 Å². The standard InChI is InChI=1S/C17H24N2O2/c1-12(2)21-14-5-3-13(4-6-14)19-16(20)15-11-17(15)7-9-18-10-8-17/h3-6,12,15,18H,7-11H2,1-2H3,(H,19,20)/t15-/m1/s1. The van der Waals surface area contributed by atoms with Crippen LogP contribution in [0.1, 0.15) is 33.1 Å². The second-order valence-electron chi connectivity index (χ2n) is 6.55. The Morgan fingerprint density at radius 2 is 1.95 bits per heavy atom. The third-order valence-electron chi connectivity index (χ3n) is 4.60. The van der Waals surface area contributed by atoms with Crippen molar-refractivity contribution in [1.29, 1.82) is 0 Å².